The quantitative estimate of drug-likeness (QED) is 0.238. The van der Waals surface area contributed by atoms with Gasteiger partial charge in [0.1, 0.15) is 0 Å². The Labute approximate surface area is 201 Å². The van der Waals surface area contributed by atoms with E-state index < -0.39 is 0 Å². The number of aromatic nitrogens is 2. The van der Waals surface area contributed by atoms with Gasteiger partial charge in [-0.25, -0.2) is 4.98 Å². The van der Waals surface area contributed by atoms with E-state index in [1.807, 2.05) is 18.2 Å². The molecule has 0 aliphatic carbocycles. The van der Waals surface area contributed by atoms with Crippen LogP contribution in [0.1, 0.15) is 0 Å². The molecule has 0 atom stereocenters. The monoisotopic (exact) mass is 454 g/mol. The number of fused-ring (bicyclic) bond motifs is 7. The number of hydrogen-bond acceptors (Lipinski definition) is 1. The van der Waals surface area contributed by atoms with Crippen molar-refractivity contribution >= 4 is 55.1 Å². The Balaban J connectivity index is 1.80. The molecule has 2 nitrogen and oxygen atoms in total. The van der Waals surface area contributed by atoms with Crippen molar-refractivity contribution in [1.82, 2.24) is 9.55 Å². The van der Waals surface area contributed by atoms with E-state index in [1.54, 1.807) is 0 Å². The van der Waals surface area contributed by atoms with Crippen LogP contribution in [0.4, 0.5) is 0 Å². The lowest BCUT2D eigenvalue weighted by molar-refractivity contribution is 1.19. The van der Waals surface area contributed by atoms with Crippen LogP contribution in [-0.4, -0.2) is 9.55 Å². The molecule has 2 aromatic heterocycles. The molecule has 3 heteroatoms. The summed E-state index contributed by atoms with van der Waals surface area (Å²) in [7, 11) is 0. The van der Waals surface area contributed by atoms with E-state index in [9.17, 15) is 0 Å². The second kappa shape index (κ2) is 7.44. The second-order valence-electron chi connectivity index (χ2n) is 8.53. The predicted molar refractivity (Wildman–Crippen MR) is 144 cm³/mol. The predicted octanol–water partition coefficient (Wildman–Crippen LogP) is 8.81. The van der Waals surface area contributed by atoms with Gasteiger partial charge >= 0.3 is 0 Å². The van der Waals surface area contributed by atoms with Gasteiger partial charge in [0, 0.05) is 38.2 Å². The molecule has 2 heterocycles. The minimum atomic E-state index is 0.762. The highest BCUT2D eigenvalue weighted by Gasteiger charge is 2.20. The van der Waals surface area contributed by atoms with E-state index in [1.165, 1.54) is 5.39 Å². The van der Waals surface area contributed by atoms with Crippen molar-refractivity contribution in [3.63, 3.8) is 0 Å². The molecule has 160 valence electrons. The number of pyridine rings is 1. The Morgan fingerprint density at radius 1 is 0.559 bits per heavy atom. The molecular weight excluding hydrogens is 436 g/mol. The zero-order chi connectivity index (χ0) is 22.6. The van der Waals surface area contributed by atoms with Gasteiger partial charge in [0.05, 0.1) is 27.3 Å². The van der Waals surface area contributed by atoms with Crippen LogP contribution in [0.3, 0.4) is 0 Å². The van der Waals surface area contributed by atoms with Gasteiger partial charge in [0.2, 0.25) is 0 Å². The van der Waals surface area contributed by atoms with E-state index in [2.05, 4.69) is 102 Å². The highest BCUT2D eigenvalue weighted by molar-refractivity contribution is 6.39. The normalized spacial score (nSPS) is 11.7. The molecule has 0 aliphatic rings. The number of halogens is 1. The van der Waals surface area contributed by atoms with Crippen LogP contribution in [-0.2, 0) is 0 Å². The molecule has 0 bridgehead atoms. The first-order chi connectivity index (χ1) is 16.8. The molecule has 7 rings (SSSR count). The maximum atomic E-state index is 6.81. The molecule has 0 saturated heterocycles. The van der Waals surface area contributed by atoms with Gasteiger partial charge in [0.15, 0.2) is 0 Å². The van der Waals surface area contributed by atoms with Crippen molar-refractivity contribution in [2.24, 2.45) is 0 Å². The standard InChI is InChI=1S/C31H19ClN2/c32-25-15-9-17-27-29(25)24-19-18-23-28(31(24)34(27)21-12-5-2-6-13-21)22-14-7-8-16-26(22)33-30(23)20-10-3-1-4-11-20/h1-19H. The van der Waals surface area contributed by atoms with E-state index in [4.69, 9.17) is 16.6 Å². The Hall–Kier alpha value is -4.14. The molecule has 7 aromatic rings. The average Bonchev–Trinajstić information content (AvgIpc) is 3.25. The van der Waals surface area contributed by atoms with Crippen molar-refractivity contribution in [2.75, 3.05) is 0 Å². The number of para-hydroxylation sites is 2. The molecule has 0 N–H and O–H groups in total. The van der Waals surface area contributed by atoms with Gasteiger partial charge in [-0.2, -0.15) is 0 Å². The Kier molecular flexibility index (Phi) is 4.23. The summed E-state index contributed by atoms with van der Waals surface area (Å²) in [6, 6.07) is 39.9. The molecule has 0 unspecified atom stereocenters. The maximum Gasteiger partial charge on any atom is 0.0788 e. The zero-order valence-electron chi connectivity index (χ0n) is 18.2. The highest BCUT2D eigenvalue weighted by Crippen LogP contribution is 2.43. The Morgan fingerprint density at radius 3 is 2.09 bits per heavy atom. The van der Waals surface area contributed by atoms with Crippen LogP contribution in [0, 0.1) is 0 Å². The van der Waals surface area contributed by atoms with E-state index in [-0.39, 0.29) is 0 Å². The second-order valence-corrected chi connectivity index (χ2v) is 8.94. The smallest absolute Gasteiger partial charge is 0.0788 e. The van der Waals surface area contributed by atoms with E-state index in [0.29, 0.717) is 0 Å². The number of rotatable bonds is 2. The minimum absolute atomic E-state index is 0.762. The van der Waals surface area contributed by atoms with Gasteiger partial charge in [-0.05, 0) is 30.3 Å². The lowest BCUT2D eigenvalue weighted by Gasteiger charge is -2.14. The van der Waals surface area contributed by atoms with Crippen molar-refractivity contribution < 1.29 is 0 Å². The van der Waals surface area contributed by atoms with Crippen LogP contribution in [0.2, 0.25) is 5.02 Å². The average molecular weight is 455 g/mol. The first-order valence-electron chi connectivity index (χ1n) is 11.4. The van der Waals surface area contributed by atoms with Crippen molar-refractivity contribution in [3.8, 4) is 16.9 Å². The summed E-state index contributed by atoms with van der Waals surface area (Å²) in [6.07, 6.45) is 0. The molecule has 0 fully saturated rings. The van der Waals surface area contributed by atoms with Crippen LogP contribution in [0.15, 0.2) is 115 Å². The first-order valence-corrected chi connectivity index (χ1v) is 11.7. The lowest BCUT2D eigenvalue weighted by atomic mass is 9.97. The van der Waals surface area contributed by atoms with Crippen molar-refractivity contribution in [1.29, 1.82) is 0 Å². The number of benzene rings is 5. The van der Waals surface area contributed by atoms with Crippen molar-refractivity contribution in [3.05, 3.63) is 120 Å². The SMILES string of the molecule is Clc1cccc2c1c1ccc3c(-c4ccccc4)nc4ccccc4c3c1n2-c1ccccc1. The molecule has 0 saturated carbocycles. The molecule has 5 aromatic carbocycles. The molecule has 0 amide bonds. The molecule has 0 spiro atoms. The zero-order valence-corrected chi connectivity index (χ0v) is 19.0. The summed E-state index contributed by atoms with van der Waals surface area (Å²) in [4.78, 5) is 5.12. The summed E-state index contributed by atoms with van der Waals surface area (Å²) < 4.78 is 2.35. The largest absolute Gasteiger partial charge is 0.309 e. The van der Waals surface area contributed by atoms with Gasteiger partial charge in [-0.15, -0.1) is 0 Å². The minimum Gasteiger partial charge on any atom is -0.309 e. The summed E-state index contributed by atoms with van der Waals surface area (Å²) >= 11 is 6.81. The third-order valence-electron chi connectivity index (χ3n) is 6.63. The van der Waals surface area contributed by atoms with Crippen LogP contribution < -0.4 is 0 Å². The maximum absolute atomic E-state index is 6.81. The molecule has 34 heavy (non-hydrogen) atoms. The fourth-order valence-electron chi connectivity index (χ4n) is 5.21. The summed E-state index contributed by atoms with van der Waals surface area (Å²) in [6.45, 7) is 0. The summed E-state index contributed by atoms with van der Waals surface area (Å²) in [5.41, 5.74) is 6.45. The van der Waals surface area contributed by atoms with E-state index >= 15 is 0 Å². The fourth-order valence-corrected chi connectivity index (χ4v) is 5.48. The van der Waals surface area contributed by atoms with E-state index in [0.717, 1.165) is 60.1 Å². The molecular formula is C31H19ClN2. The summed E-state index contributed by atoms with van der Waals surface area (Å²) in [5.74, 6) is 0. The third-order valence-corrected chi connectivity index (χ3v) is 6.94. The van der Waals surface area contributed by atoms with Gasteiger partial charge in [-0.1, -0.05) is 96.5 Å². The number of hydrogen-bond donors (Lipinski definition) is 0. The fraction of sp³-hybridized carbons (Fsp3) is 0. The van der Waals surface area contributed by atoms with Crippen LogP contribution in [0.25, 0.3) is 60.4 Å². The van der Waals surface area contributed by atoms with Crippen LogP contribution >= 0.6 is 11.6 Å². The third kappa shape index (κ3) is 2.73. The van der Waals surface area contributed by atoms with Gasteiger partial charge in [0.25, 0.3) is 0 Å². The van der Waals surface area contributed by atoms with Crippen LogP contribution in [0.5, 0.6) is 0 Å². The highest BCUT2D eigenvalue weighted by atomic mass is 35.5. The van der Waals surface area contributed by atoms with Crippen molar-refractivity contribution in [2.45, 2.75) is 0 Å². The number of nitrogens with zero attached hydrogens (tertiary/aromatic N) is 2. The van der Waals surface area contributed by atoms with Gasteiger partial charge < -0.3 is 4.57 Å². The topological polar surface area (TPSA) is 17.8 Å². The van der Waals surface area contributed by atoms with Gasteiger partial charge in [-0.3, -0.25) is 0 Å². The summed E-state index contributed by atoms with van der Waals surface area (Å²) in [5, 5.41) is 6.45. The lowest BCUT2D eigenvalue weighted by Crippen LogP contribution is -1.96. The first kappa shape index (κ1) is 19.3. The molecule has 0 radical (unpaired) electrons. The molecule has 0 aliphatic heterocycles. The Morgan fingerprint density at radius 2 is 1.26 bits per heavy atom. The Bertz CT molecular complexity index is 1850.